The van der Waals surface area contributed by atoms with Gasteiger partial charge in [-0.15, -0.1) is 11.3 Å². The third-order valence-electron chi connectivity index (χ3n) is 5.68. The number of amides is 3. The van der Waals surface area contributed by atoms with E-state index < -0.39 is 6.03 Å². The number of urea groups is 1. The average Bonchev–Trinajstić information content (AvgIpc) is 3.60. The Labute approximate surface area is 223 Å². The molecule has 0 radical (unpaired) electrons. The fourth-order valence-corrected chi connectivity index (χ4v) is 4.54. The summed E-state index contributed by atoms with van der Waals surface area (Å²) < 4.78 is 1.75. The first-order chi connectivity index (χ1) is 18.5. The molecule has 0 saturated heterocycles. The number of aryl methyl sites for hydroxylation is 1. The standard InChI is InChI=1S/C29H22N6O2S/c1-19-15-24(21-8-3-2-4-9-21)34-35(19)26-13-12-23(31-28(36)27-11-6-14-38-27)17-25(26)33-29(37)32-22-10-5-7-20(16-22)18-30/h2-17H,1H3,(H,31,36)(H2,32,33,37). The summed E-state index contributed by atoms with van der Waals surface area (Å²) >= 11 is 1.34. The van der Waals surface area contributed by atoms with Crippen LogP contribution in [0, 0.1) is 18.3 Å². The molecule has 3 amide bonds. The summed E-state index contributed by atoms with van der Waals surface area (Å²) in [5, 5.41) is 24.3. The molecule has 0 spiro atoms. The number of aromatic nitrogens is 2. The predicted octanol–water partition coefficient (Wildman–Crippen LogP) is 6.68. The number of anilines is 3. The predicted molar refractivity (Wildman–Crippen MR) is 150 cm³/mol. The molecule has 0 saturated carbocycles. The highest BCUT2D eigenvalue weighted by Crippen LogP contribution is 2.29. The molecule has 5 rings (SSSR count). The maximum atomic E-state index is 13.0. The molecule has 0 aliphatic heterocycles. The van der Waals surface area contributed by atoms with Gasteiger partial charge in [0.2, 0.25) is 0 Å². The highest BCUT2D eigenvalue weighted by molar-refractivity contribution is 7.12. The Morgan fingerprint density at radius 1 is 0.868 bits per heavy atom. The molecule has 0 bridgehead atoms. The molecule has 0 aliphatic rings. The van der Waals surface area contributed by atoms with E-state index in [2.05, 4.69) is 22.0 Å². The first kappa shape index (κ1) is 24.5. The zero-order valence-corrected chi connectivity index (χ0v) is 21.1. The summed E-state index contributed by atoms with van der Waals surface area (Å²) in [6.07, 6.45) is 0. The summed E-state index contributed by atoms with van der Waals surface area (Å²) in [4.78, 5) is 26.2. The molecule has 3 N–H and O–H groups in total. The Morgan fingerprint density at radius 2 is 1.68 bits per heavy atom. The van der Waals surface area contributed by atoms with Crippen LogP contribution in [0.4, 0.5) is 21.9 Å². The van der Waals surface area contributed by atoms with E-state index in [0.717, 1.165) is 17.0 Å². The zero-order chi connectivity index (χ0) is 26.5. The van der Waals surface area contributed by atoms with Crippen LogP contribution < -0.4 is 16.0 Å². The molecule has 0 fully saturated rings. The van der Waals surface area contributed by atoms with Crippen molar-refractivity contribution in [1.29, 1.82) is 5.26 Å². The second-order valence-corrected chi connectivity index (χ2v) is 9.33. The number of nitrogens with one attached hydrogen (secondary N) is 3. The minimum Gasteiger partial charge on any atom is -0.321 e. The van der Waals surface area contributed by atoms with Crippen LogP contribution in [0.15, 0.2) is 96.4 Å². The quantitative estimate of drug-likeness (QED) is 0.233. The van der Waals surface area contributed by atoms with Crippen molar-refractivity contribution in [3.63, 3.8) is 0 Å². The minimum absolute atomic E-state index is 0.238. The van der Waals surface area contributed by atoms with E-state index in [1.54, 1.807) is 53.2 Å². The van der Waals surface area contributed by atoms with Gasteiger partial charge in [-0.3, -0.25) is 4.79 Å². The van der Waals surface area contributed by atoms with Crippen molar-refractivity contribution in [2.24, 2.45) is 0 Å². The fraction of sp³-hybridized carbons (Fsp3) is 0.0345. The fourth-order valence-electron chi connectivity index (χ4n) is 3.92. The van der Waals surface area contributed by atoms with E-state index in [-0.39, 0.29) is 5.91 Å². The second-order valence-electron chi connectivity index (χ2n) is 8.38. The van der Waals surface area contributed by atoms with Gasteiger partial charge >= 0.3 is 6.03 Å². The Morgan fingerprint density at radius 3 is 2.45 bits per heavy atom. The van der Waals surface area contributed by atoms with E-state index in [9.17, 15) is 9.59 Å². The molecule has 9 heteroatoms. The number of hydrogen-bond acceptors (Lipinski definition) is 5. The summed E-state index contributed by atoms with van der Waals surface area (Å²) in [6.45, 7) is 1.93. The van der Waals surface area contributed by atoms with Gasteiger partial charge in [-0.05, 0) is 60.8 Å². The molecule has 2 heterocycles. The van der Waals surface area contributed by atoms with Crippen molar-refractivity contribution in [3.8, 4) is 23.0 Å². The van der Waals surface area contributed by atoms with Gasteiger partial charge in [-0.25, -0.2) is 9.48 Å². The number of rotatable bonds is 6. The summed E-state index contributed by atoms with van der Waals surface area (Å²) in [5.41, 5.74) is 5.12. The summed E-state index contributed by atoms with van der Waals surface area (Å²) in [7, 11) is 0. The van der Waals surface area contributed by atoms with Gasteiger partial charge in [0.1, 0.15) is 0 Å². The average molecular weight is 519 g/mol. The number of benzene rings is 3. The van der Waals surface area contributed by atoms with Crippen molar-refractivity contribution in [1.82, 2.24) is 9.78 Å². The van der Waals surface area contributed by atoms with Crippen molar-refractivity contribution in [3.05, 3.63) is 113 Å². The van der Waals surface area contributed by atoms with Crippen LogP contribution in [0.3, 0.4) is 0 Å². The van der Waals surface area contributed by atoms with Crippen LogP contribution in [0.25, 0.3) is 16.9 Å². The topological polar surface area (TPSA) is 112 Å². The lowest BCUT2D eigenvalue weighted by Crippen LogP contribution is -2.21. The van der Waals surface area contributed by atoms with Crippen LogP contribution in [0.1, 0.15) is 20.9 Å². The first-order valence-corrected chi connectivity index (χ1v) is 12.6. The molecule has 2 aromatic heterocycles. The molecule has 8 nitrogen and oxygen atoms in total. The molecule has 0 unspecified atom stereocenters. The molecule has 3 aromatic carbocycles. The molecular weight excluding hydrogens is 496 g/mol. The second kappa shape index (κ2) is 10.8. The van der Waals surface area contributed by atoms with Gasteiger partial charge in [0, 0.05) is 22.6 Å². The van der Waals surface area contributed by atoms with Crippen molar-refractivity contribution in [2.75, 3.05) is 16.0 Å². The van der Waals surface area contributed by atoms with Crippen molar-refractivity contribution < 1.29 is 9.59 Å². The maximum Gasteiger partial charge on any atom is 0.323 e. The monoisotopic (exact) mass is 518 g/mol. The van der Waals surface area contributed by atoms with Crippen LogP contribution in [0.5, 0.6) is 0 Å². The smallest absolute Gasteiger partial charge is 0.321 e. The van der Waals surface area contributed by atoms with Crippen LogP contribution in [0.2, 0.25) is 0 Å². The Bertz CT molecular complexity index is 1650. The maximum absolute atomic E-state index is 13.0. The van der Waals surface area contributed by atoms with Gasteiger partial charge in [0.05, 0.1) is 33.6 Å². The third-order valence-corrected chi connectivity index (χ3v) is 6.55. The normalized spacial score (nSPS) is 10.4. The molecule has 0 aliphatic carbocycles. The van der Waals surface area contributed by atoms with Gasteiger partial charge < -0.3 is 16.0 Å². The lowest BCUT2D eigenvalue weighted by atomic mass is 10.1. The van der Waals surface area contributed by atoms with E-state index in [1.165, 1.54) is 11.3 Å². The minimum atomic E-state index is -0.504. The summed E-state index contributed by atoms with van der Waals surface area (Å²) in [6, 6.07) is 28.8. The number of nitrogens with zero attached hydrogens (tertiary/aromatic N) is 3. The van der Waals surface area contributed by atoms with Crippen molar-refractivity contribution >= 4 is 40.3 Å². The van der Waals surface area contributed by atoms with Gasteiger partial charge in [-0.2, -0.15) is 10.4 Å². The highest BCUT2D eigenvalue weighted by Gasteiger charge is 2.16. The summed E-state index contributed by atoms with van der Waals surface area (Å²) in [5.74, 6) is -0.238. The van der Waals surface area contributed by atoms with Gasteiger partial charge in [0.25, 0.3) is 5.91 Å². The highest BCUT2D eigenvalue weighted by atomic mass is 32.1. The van der Waals surface area contributed by atoms with Crippen LogP contribution >= 0.6 is 11.3 Å². The lowest BCUT2D eigenvalue weighted by Gasteiger charge is -2.15. The number of hydrogen-bond donors (Lipinski definition) is 3. The van der Waals surface area contributed by atoms with E-state index in [0.29, 0.717) is 33.2 Å². The number of carbonyl (C=O) groups is 2. The van der Waals surface area contributed by atoms with Gasteiger partial charge in [-0.1, -0.05) is 42.5 Å². The largest absolute Gasteiger partial charge is 0.323 e. The molecule has 38 heavy (non-hydrogen) atoms. The number of thiophene rings is 1. The third kappa shape index (κ3) is 5.46. The molecule has 186 valence electrons. The Kier molecular flexibility index (Phi) is 6.97. The van der Waals surface area contributed by atoms with Gasteiger partial charge in [0.15, 0.2) is 0 Å². The van der Waals surface area contributed by atoms with E-state index >= 15 is 0 Å². The molecule has 5 aromatic rings. The van der Waals surface area contributed by atoms with Crippen molar-refractivity contribution in [2.45, 2.75) is 6.92 Å². The van der Waals surface area contributed by atoms with E-state index in [4.69, 9.17) is 10.4 Å². The Balaban J connectivity index is 1.48. The number of nitriles is 1. The van der Waals surface area contributed by atoms with Crippen LogP contribution in [-0.2, 0) is 0 Å². The first-order valence-electron chi connectivity index (χ1n) is 11.7. The number of carbonyl (C=O) groups excluding carboxylic acids is 2. The Hall–Kier alpha value is -5.20. The van der Waals surface area contributed by atoms with E-state index in [1.807, 2.05) is 54.8 Å². The molecule has 0 atom stereocenters. The zero-order valence-electron chi connectivity index (χ0n) is 20.3. The lowest BCUT2D eigenvalue weighted by molar-refractivity contribution is 0.103. The van der Waals surface area contributed by atoms with Crippen LogP contribution in [-0.4, -0.2) is 21.7 Å². The SMILES string of the molecule is Cc1cc(-c2ccccc2)nn1-c1ccc(NC(=O)c2cccs2)cc1NC(=O)Nc1cccc(C#N)c1. The molecular formula is C29H22N6O2S.